The summed E-state index contributed by atoms with van der Waals surface area (Å²) in [4.78, 5) is 17.2. The van der Waals surface area contributed by atoms with Crippen LogP contribution in [0, 0.1) is 13.8 Å². The van der Waals surface area contributed by atoms with Crippen molar-refractivity contribution in [3.05, 3.63) is 53.1 Å². The lowest BCUT2D eigenvalue weighted by Crippen LogP contribution is -2.29. The van der Waals surface area contributed by atoms with Gasteiger partial charge in [-0.2, -0.15) is 0 Å². The third-order valence-corrected chi connectivity index (χ3v) is 4.79. The molecule has 0 aliphatic heterocycles. The molecule has 1 amide bonds. The number of methoxy groups -OCH3 is 3. The number of fused-ring (bicyclic) bond motifs is 1. The first-order chi connectivity index (χ1) is 14.5. The molecule has 0 saturated carbocycles. The van der Waals surface area contributed by atoms with Crippen molar-refractivity contribution in [1.29, 1.82) is 0 Å². The number of carbonyl (C=O) groups excluding carboxylic acids is 1. The zero-order valence-electron chi connectivity index (χ0n) is 18.0. The second kappa shape index (κ2) is 9.35. The molecule has 30 heavy (non-hydrogen) atoms. The fourth-order valence-electron chi connectivity index (χ4n) is 3.25. The van der Waals surface area contributed by atoms with E-state index >= 15 is 0 Å². The Balaban J connectivity index is 1.63. The average Bonchev–Trinajstić information content (AvgIpc) is 2.75. The molecular weight excluding hydrogens is 382 g/mol. The van der Waals surface area contributed by atoms with E-state index < -0.39 is 0 Å². The Kier molecular flexibility index (Phi) is 6.61. The number of benzene rings is 2. The molecule has 1 heterocycles. The van der Waals surface area contributed by atoms with E-state index in [9.17, 15) is 4.79 Å². The minimum absolute atomic E-state index is 0.227. The average molecular weight is 409 g/mol. The first kappa shape index (κ1) is 21.2. The molecule has 0 atom stereocenters. The normalized spacial score (nSPS) is 10.6. The molecule has 158 valence electrons. The number of aryl methyl sites for hydroxylation is 2. The number of nitrogens with one attached hydrogen (secondary N) is 2. The summed E-state index contributed by atoms with van der Waals surface area (Å²) in [5, 5.41) is 7.31. The summed E-state index contributed by atoms with van der Waals surface area (Å²) >= 11 is 0. The van der Waals surface area contributed by atoms with E-state index in [2.05, 4.69) is 34.7 Å². The third-order valence-electron chi connectivity index (χ3n) is 4.79. The van der Waals surface area contributed by atoms with Crippen molar-refractivity contribution in [3.8, 4) is 17.2 Å². The Bertz CT molecular complexity index is 1040. The fourth-order valence-corrected chi connectivity index (χ4v) is 3.25. The van der Waals surface area contributed by atoms with E-state index in [1.807, 2.05) is 19.1 Å². The van der Waals surface area contributed by atoms with Crippen LogP contribution < -0.4 is 24.8 Å². The van der Waals surface area contributed by atoms with Crippen LogP contribution >= 0.6 is 0 Å². The van der Waals surface area contributed by atoms with E-state index in [-0.39, 0.29) is 5.91 Å². The summed E-state index contributed by atoms with van der Waals surface area (Å²) in [7, 11) is 4.56. The quantitative estimate of drug-likeness (QED) is 0.552. The van der Waals surface area contributed by atoms with Crippen LogP contribution in [0.5, 0.6) is 17.2 Å². The van der Waals surface area contributed by atoms with Crippen molar-refractivity contribution < 1.29 is 19.0 Å². The summed E-state index contributed by atoms with van der Waals surface area (Å²) in [6.07, 6.45) is 0. The Morgan fingerprint density at radius 1 is 0.933 bits per heavy atom. The summed E-state index contributed by atoms with van der Waals surface area (Å²) in [5.74, 6) is 1.91. The zero-order chi connectivity index (χ0) is 21.7. The second-order valence-electron chi connectivity index (χ2n) is 6.95. The molecule has 0 fully saturated rings. The Labute approximate surface area is 176 Å². The second-order valence-corrected chi connectivity index (χ2v) is 6.95. The fraction of sp³-hybridized carbons (Fsp3) is 0.304. The van der Waals surface area contributed by atoms with Gasteiger partial charge in [-0.3, -0.25) is 4.79 Å². The van der Waals surface area contributed by atoms with Crippen LogP contribution in [-0.2, 0) is 0 Å². The van der Waals surface area contributed by atoms with Crippen LogP contribution in [0.15, 0.2) is 36.4 Å². The predicted molar refractivity (Wildman–Crippen MR) is 118 cm³/mol. The number of hydrogen-bond acceptors (Lipinski definition) is 6. The van der Waals surface area contributed by atoms with Crippen molar-refractivity contribution in [2.24, 2.45) is 0 Å². The summed E-state index contributed by atoms with van der Waals surface area (Å²) in [5.41, 5.74) is 3.64. The molecule has 3 rings (SSSR count). The van der Waals surface area contributed by atoms with Gasteiger partial charge >= 0.3 is 0 Å². The van der Waals surface area contributed by atoms with Crippen molar-refractivity contribution in [2.75, 3.05) is 39.7 Å². The van der Waals surface area contributed by atoms with Crippen LogP contribution in [-0.4, -0.2) is 45.3 Å². The highest BCUT2D eigenvalue weighted by atomic mass is 16.5. The van der Waals surface area contributed by atoms with Crippen LogP contribution in [0.1, 0.15) is 21.5 Å². The number of rotatable bonds is 8. The monoisotopic (exact) mass is 409 g/mol. The maximum Gasteiger partial charge on any atom is 0.251 e. The first-order valence-electron chi connectivity index (χ1n) is 9.67. The number of amides is 1. The summed E-state index contributed by atoms with van der Waals surface area (Å²) in [6, 6.07) is 11.6. The van der Waals surface area contributed by atoms with E-state index in [4.69, 9.17) is 14.2 Å². The molecule has 3 aromatic rings. The molecule has 7 nitrogen and oxygen atoms in total. The van der Waals surface area contributed by atoms with Gasteiger partial charge in [-0.1, -0.05) is 11.6 Å². The highest BCUT2D eigenvalue weighted by Gasteiger charge is 2.16. The van der Waals surface area contributed by atoms with Crippen molar-refractivity contribution in [1.82, 2.24) is 10.3 Å². The van der Waals surface area contributed by atoms with Gasteiger partial charge in [-0.15, -0.1) is 0 Å². The SMILES string of the molecule is COc1cc(C(=O)NCCNc2nc3ccc(C)cc3cc2C)cc(OC)c1OC. The number of nitrogens with zero attached hydrogens (tertiary/aromatic N) is 1. The minimum Gasteiger partial charge on any atom is -0.493 e. The van der Waals surface area contributed by atoms with Gasteiger partial charge in [0.15, 0.2) is 11.5 Å². The first-order valence-corrected chi connectivity index (χ1v) is 9.67. The van der Waals surface area contributed by atoms with Crippen molar-refractivity contribution >= 4 is 22.6 Å². The van der Waals surface area contributed by atoms with Gasteiger partial charge < -0.3 is 24.8 Å². The molecule has 0 spiro atoms. The summed E-state index contributed by atoms with van der Waals surface area (Å²) < 4.78 is 15.9. The molecule has 0 aliphatic rings. The lowest BCUT2D eigenvalue weighted by molar-refractivity contribution is 0.0954. The van der Waals surface area contributed by atoms with Crippen molar-refractivity contribution in [2.45, 2.75) is 13.8 Å². The molecule has 0 radical (unpaired) electrons. The molecule has 0 aliphatic carbocycles. The lowest BCUT2D eigenvalue weighted by atomic mass is 10.1. The minimum atomic E-state index is -0.227. The number of anilines is 1. The standard InChI is InChI=1S/C23H27N3O4/c1-14-6-7-18-16(10-14)11-15(2)22(26-18)24-8-9-25-23(27)17-12-19(28-3)21(30-5)20(13-17)29-4/h6-7,10-13H,8-9H2,1-5H3,(H,24,26)(H,25,27). The molecule has 0 saturated heterocycles. The van der Waals surface area contributed by atoms with Gasteiger partial charge in [0.05, 0.1) is 26.8 Å². The number of pyridine rings is 1. The van der Waals surface area contributed by atoms with E-state index in [0.717, 1.165) is 22.3 Å². The molecular formula is C23H27N3O4. The van der Waals surface area contributed by atoms with Crippen molar-refractivity contribution in [3.63, 3.8) is 0 Å². The highest BCUT2D eigenvalue weighted by molar-refractivity contribution is 5.95. The van der Waals surface area contributed by atoms with E-state index in [0.29, 0.717) is 35.9 Å². The van der Waals surface area contributed by atoms with Gasteiger partial charge in [0.25, 0.3) is 5.91 Å². The molecule has 0 unspecified atom stereocenters. The van der Waals surface area contributed by atoms with Crippen LogP contribution in [0.4, 0.5) is 5.82 Å². The Morgan fingerprint density at radius 3 is 2.27 bits per heavy atom. The van der Waals surface area contributed by atoms with Gasteiger partial charge in [0.2, 0.25) is 5.75 Å². The maximum atomic E-state index is 12.6. The molecule has 7 heteroatoms. The Morgan fingerprint density at radius 2 is 1.63 bits per heavy atom. The molecule has 2 aromatic carbocycles. The van der Waals surface area contributed by atoms with Gasteiger partial charge in [0, 0.05) is 24.0 Å². The van der Waals surface area contributed by atoms with Crippen LogP contribution in [0.25, 0.3) is 10.9 Å². The molecule has 0 bridgehead atoms. The smallest absolute Gasteiger partial charge is 0.251 e. The van der Waals surface area contributed by atoms with Gasteiger partial charge in [0.1, 0.15) is 5.82 Å². The maximum absolute atomic E-state index is 12.6. The highest BCUT2D eigenvalue weighted by Crippen LogP contribution is 2.38. The summed E-state index contributed by atoms with van der Waals surface area (Å²) in [6.45, 7) is 5.06. The van der Waals surface area contributed by atoms with Crippen LogP contribution in [0.2, 0.25) is 0 Å². The third kappa shape index (κ3) is 4.56. The largest absolute Gasteiger partial charge is 0.493 e. The van der Waals surface area contributed by atoms with Crippen LogP contribution in [0.3, 0.4) is 0 Å². The van der Waals surface area contributed by atoms with Gasteiger partial charge in [-0.05, 0) is 49.7 Å². The molecule has 1 aromatic heterocycles. The molecule has 2 N–H and O–H groups in total. The number of ether oxygens (including phenoxy) is 3. The van der Waals surface area contributed by atoms with E-state index in [1.54, 1.807) is 12.1 Å². The predicted octanol–water partition coefficient (Wildman–Crippen LogP) is 3.72. The topological polar surface area (TPSA) is 81.7 Å². The number of hydrogen-bond donors (Lipinski definition) is 2. The number of aromatic nitrogens is 1. The zero-order valence-corrected chi connectivity index (χ0v) is 18.0. The van der Waals surface area contributed by atoms with E-state index in [1.165, 1.54) is 26.9 Å². The van der Waals surface area contributed by atoms with Gasteiger partial charge in [-0.25, -0.2) is 4.98 Å². The Hall–Kier alpha value is -3.48. The lowest BCUT2D eigenvalue weighted by Gasteiger charge is -2.14. The number of carbonyl (C=O) groups is 1.